The van der Waals surface area contributed by atoms with Crippen LogP contribution in [0.2, 0.25) is 0 Å². The molecule has 0 heterocycles. The van der Waals surface area contributed by atoms with E-state index in [-0.39, 0.29) is 5.57 Å². The maximum atomic E-state index is 10.2. The van der Waals surface area contributed by atoms with Crippen LogP contribution in [0.1, 0.15) is 13.8 Å². The molecule has 0 fully saturated rings. The molecular weight excluding hydrogens is 142 g/mol. The Kier molecular flexibility index (Phi) is 3.68. The highest BCUT2D eigenvalue weighted by Crippen LogP contribution is 1.96. The summed E-state index contributed by atoms with van der Waals surface area (Å²) >= 11 is 0. The predicted octanol–water partition coefficient (Wildman–Crippen LogP) is 1.49. The van der Waals surface area contributed by atoms with Gasteiger partial charge < -0.3 is 5.11 Å². The molecule has 0 aromatic rings. The van der Waals surface area contributed by atoms with Crippen LogP contribution in [-0.2, 0) is 4.79 Å². The Hall–Kier alpha value is -1.56. The van der Waals surface area contributed by atoms with Crippen LogP contribution in [0.15, 0.2) is 23.3 Å². The summed E-state index contributed by atoms with van der Waals surface area (Å²) in [6.45, 7) is 3.65. The molecule has 0 atom stereocenters. The minimum absolute atomic E-state index is 0.244. The molecule has 11 heavy (non-hydrogen) atoms. The normalized spacial score (nSPS) is 10.1. The Balaban J connectivity index is 4.54. The monoisotopic (exact) mass is 151 g/mol. The SMILES string of the molecule is CC(C)=C/C=C(\C#N)C(=O)O. The van der Waals surface area contributed by atoms with Crippen LogP contribution in [0.25, 0.3) is 0 Å². The third-order valence-electron chi connectivity index (χ3n) is 0.934. The van der Waals surface area contributed by atoms with E-state index in [4.69, 9.17) is 10.4 Å². The molecule has 0 bridgehead atoms. The van der Waals surface area contributed by atoms with Gasteiger partial charge in [-0.15, -0.1) is 0 Å². The van der Waals surface area contributed by atoms with Crippen molar-refractivity contribution in [1.82, 2.24) is 0 Å². The van der Waals surface area contributed by atoms with Crippen molar-refractivity contribution in [3.8, 4) is 6.07 Å². The highest BCUT2D eigenvalue weighted by Gasteiger charge is 2.02. The van der Waals surface area contributed by atoms with Crippen molar-refractivity contribution in [1.29, 1.82) is 5.26 Å². The minimum Gasteiger partial charge on any atom is -0.477 e. The first kappa shape index (κ1) is 9.44. The molecule has 0 aromatic carbocycles. The third kappa shape index (κ3) is 3.93. The zero-order valence-electron chi connectivity index (χ0n) is 6.46. The van der Waals surface area contributed by atoms with E-state index in [0.29, 0.717) is 0 Å². The molecule has 0 rings (SSSR count). The summed E-state index contributed by atoms with van der Waals surface area (Å²) in [4.78, 5) is 10.2. The van der Waals surface area contributed by atoms with Crippen molar-refractivity contribution in [2.45, 2.75) is 13.8 Å². The number of carboxylic acid groups (broad SMARTS) is 1. The molecule has 0 saturated carbocycles. The lowest BCUT2D eigenvalue weighted by Gasteiger charge is -1.86. The molecule has 3 heteroatoms. The summed E-state index contributed by atoms with van der Waals surface area (Å²) in [5.41, 5.74) is 0.713. The standard InChI is InChI=1S/C8H9NO2/c1-6(2)3-4-7(5-9)8(10)11/h3-4H,1-2H3,(H,10,11)/b7-4+. The Morgan fingerprint density at radius 1 is 1.45 bits per heavy atom. The van der Waals surface area contributed by atoms with Crippen molar-refractivity contribution in [3.05, 3.63) is 23.3 Å². The van der Waals surface area contributed by atoms with Gasteiger partial charge in [-0.05, 0) is 19.9 Å². The Morgan fingerprint density at radius 2 is 2.00 bits per heavy atom. The molecule has 0 radical (unpaired) electrons. The first-order valence-electron chi connectivity index (χ1n) is 3.06. The Labute approximate surface area is 65.3 Å². The number of hydrogen-bond acceptors (Lipinski definition) is 2. The minimum atomic E-state index is -1.19. The van der Waals surface area contributed by atoms with Crippen LogP contribution >= 0.6 is 0 Å². The lowest BCUT2D eigenvalue weighted by Crippen LogP contribution is -1.96. The maximum Gasteiger partial charge on any atom is 0.346 e. The van der Waals surface area contributed by atoms with Gasteiger partial charge in [0, 0.05) is 0 Å². The predicted molar refractivity (Wildman–Crippen MR) is 40.8 cm³/mol. The summed E-state index contributed by atoms with van der Waals surface area (Å²) < 4.78 is 0. The lowest BCUT2D eigenvalue weighted by molar-refractivity contribution is -0.132. The number of hydrogen-bond donors (Lipinski definition) is 1. The van der Waals surface area contributed by atoms with Crippen molar-refractivity contribution in [2.75, 3.05) is 0 Å². The molecule has 0 aliphatic carbocycles. The fraction of sp³-hybridized carbons (Fsp3) is 0.250. The van der Waals surface area contributed by atoms with Gasteiger partial charge in [-0.2, -0.15) is 5.26 Å². The number of nitriles is 1. The fourth-order valence-corrected chi connectivity index (χ4v) is 0.406. The first-order valence-corrected chi connectivity index (χ1v) is 3.06. The molecular formula is C8H9NO2. The number of rotatable bonds is 2. The molecule has 3 nitrogen and oxygen atoms in total. The molecule has 0 amide bonds. The maximum absolute atomic E-state index is 10.2. The zero-order chi connectivity index (χ0) is 8.85. The molecule has 0 saturated heterocycles. The van der Waals surface area contributed by atoms with E-state index >= 15 is 0 Å². The van der Waals surface area contributed by atoms with Gasteiger partial charge in [0.15, 0.2) is 0 Å². The van der Waals surface area contributed by atoms with Gasteiger partial charge in [0.25, 0.3) is 0 Å². The lowest BCUT2D eigenvalue weighted by atomic mass is 10.2. The van der Waals surface area contributed by atoms with E-state index in [2.05, 4.69) is 0 Å². The molecule has 1 N–H and O–H groups in total. The van der Waals surface area contributed by atoms with Crippen LogP contribution < -0.4 is 0 Å². The fourth-order valence-electron chi connectivity index (χ4n) is 0.406. The van der Waals surface area contributed by atoms with Crippen LogP contribution in [0.4, 0.5) is 0 Å². The highest BCUT2D eigenvalue weighted by molar-refractivity contribution is 5.91. The van der Waals surface area contributed by atoms with Crippen molar-refractivity contribution >= 4 is 5.97 Å². The van der Waals surface area contributed by atoms with Gasteiger partial charge in [0.2, 0.25) is 0 Å². The second-order valence-corrected chi connectivity index (χ2v) is 2.24. The average Bonchev–Trinajstić information content (AvgIpc) is 1.87. The van der Waals surface area contributed by atoms with E-state index in [1.165, 1.54) is 6.08 Å². The molecule has 0 aromatic heterocycles. The molecule has 58 valence electrons. The van der Waals surface area contributed by atoms with Crippen LogP contribution in [-0.4, -0.2) is 11.1 Å². The Bertz CT molecular complexity index is 252. The summed E-state index contributed by atoms with van der Waals surface area (Å²) in [5, 5.41) is 16.6. The van der Waals surface area contributed by atoms with Gasteiger partial charge in [0.05, 0.1) is 0 Å². The summed E-state index contributed by atoms with van der Waals surface area (Å²) in [5.74, 6) is -1.19. The topological polar surface area (TPSA) is 61.1 Å². The van der Waals surface area contributed by atoms with Gasteiger partial charge in [-0.1, -0.05) is 11.6 Å². The van der Waals surface area contributed by atoms with Crippen LogP contribution in [0, 0.1) is 11.3 Å². The molecule has 0 unspecified atom stereocenters. The van der Waals surface area contributed by atoms with E-state index in [1.807, 2.05) is 13.8 Å². The largest absolute Gasteiger partial charge is 0.477 e. The van der Waals surface area contributed by atoms with E-state index in [0.717, 1.165) is 5.57 Å². The quantitative estimate of drug-likeness (QED) is 0.369. The molecule has 0 aliphatic heterocycles. The van der Waals surface area contributed by atoms with E-state index < -0.39 is 5.97 Å². The van der Waals surface area contributed by atoms with Gasteiger partial charge >= 0.3 is 5.97 Å². The molecule has 0 aliphatic rings. The van der Waals surface area contributed by atoms with E-state index in [9.17, 15) is 4.79 Å². The number of nitrogens with zero attached hydrogens (tertiary/aromatic N) is 1. The van der Waals surface area contributed by atoms with Gasteiger partial charge in [0.1, 0.15) is 11.6 Å². The number of aliphatic carboxylic acids is 1. The Morgan fingerprint density at radius 3 is 2.27 bits per heavy atom. The van der Waals surface area contributed by atoms with Crippen molar-refractivity contribution in [3.63, 3.8) is 0 Å². The van der Waals surface area contributed by atoms with Crippen LogP contribution in [0.5, 0.6) is 0 Å². The summed E-state index contributed by atoms with van der Waals surface area (Å²) in [7, 11) is 0. The second-order valence-electron chi connectivity index (χ2n) is 2.24. The number of carbonyl (C=O) groups is 1. The summed E-state index contributed by atoms with van der Waals surface area (Å²) in [6.07, 6.45) is 2.88. The first-order chi connectivity index (χ1) is 5.07. The molecule has 0 spiro atoms. The highest BCUT2D eigenvalue weighted by atomic mass is 16.4. The number of carboxylic acids is 1. The van der Waals surface area contributed by atoms with E-state index in [1.54, 1.807) is 12.1 Å². The van der Waals surface area contributed by atoms with Gasteiger partial charge in [-0.25, -0.2) is 4.79 Å². The zero-order valence-corrected chi connectivity index (χ0v) is 6.46. The number of allylic oxidation sites excluding steroid dienone is 3. The van der Waals surface area contributed by atoms with Crippen LogP contribution in [0.3, 0.4) is 0 Å². The van der Waals surface area contributed by atoms with Gasteiger partial charge in [-0.3, -0.25) is 0 Å². The second kappa shape index (κ2) is 4.29. The average molecular weight is 151 g/mol. The summed E-state index contributed by atoms with van der Waals surface area (Å²) in [6, 6.07) is 1.57. The third-order valence-corrected chi connectivity index (χ3v) is 0.934. The van der Waals surface area contributed by atoms with Crippen molar-refractivity contribution in [2.24, 2.45) is 0 Å². The van der Waals surface area contributed by atoms with Crippen molar-refractivity contribution < 1.29 is 9.90 Å². The smallest absolute Gasteiger partial charge is 0.346 e.